The summed E-state index contributed by atoms with van der Waals surface area (Å²) in [6.07, 6.45) is 0.608. The molecule has 0 aromatic heterocycles. The van der Waals surface area contributed by atoms with Crippen LogP contribution >= 0.6 is 0 Å². The summed E-state index contributed by atoms with van der Waals surface area (Å²) in [5.41, 5.74) is 5.16. The van der Waals surface area contributed by atoms with Crippen LogP contribution in [-0.4, -0.2) is 6.29 Å². The Bertz CT molecular complexity index is 418. The molecule has 0 saturated carbocycles. The third kappa shape index (κ3) is 2.30. The number of anilines is 1. The second-order valence-corrected chi connectivity index (χ2v) is 2.52. The van der Waals surface area contributed by atoms with Crippen LogP contribution in [0.5, 0.6) is 0 Å². The number of hydrogen-bond donors (Lipinski definition) is 1. The maximum absolute atomic E-state index is 12.8. The van der Waals surface area contributed by atoms with Crippen molar-refractivity contribution in [2.75, 3.05) is 5.73 Å². The van der Waals surface area contributed by atoms with Crippen molar-refractivity contribution in [2.45, 2.75) is 6.42 Å². The monoisotopic (exact) mass is 195 g/mol. The van der Waals surface area contributed by atoms with Crippen LogP contribution in [0.25, 0.3) is 0 Å². The summed E-state index contributed by atoms with van der Waals surface area (Å²) in [7, 11) is 0. The van der Waals surface area contributed by atoms with Gasteiger partial charge in [-0.1, -0.05) is 11.8 Å². The first-order valence-corrected chi connectivity index (χ1v) is 3.82. The highest BCUT2D eigenvalue weighted by atomic mass is 19.1. The van der Waals surface area contributed by atoms with Crippen molar-refractivity contribution in [3.05, 3.63) is 29.3 Å². The molecule has 0 heterocycles. The number of nitrogens with two attached hydrogens (primary N) is 1. The van der Waals surface area contributed by atoms with Gasteiger partial charge in [0.05, 0.1) is 17.7 Å². The smallest absolute Gasteiger partial charge is 0.150 e. The number of halogens is 2. The normalized spacial score (nSPS) is 9.00. The van der Waals surface area contributed by atoms with Crippen LogP contribution in [0.4, 0.5) is 14.5 Å². The average molecular weight is 195 g/mol. The van der Waals surface area contributed by atoms with Crippen molar-refractivity contribution in [2.24, 2.45) is 0 Å². The molecule has 14 heavy (non-hydrogen) atoms. The van der Waals surface area contributed by atoms with E-state index in [1.54, 1.807) is 0 Å². The van der Waals surface area contributed by atoms with Gasteiger partial charge >= 0.3 is 0 Å². The number of nitrogen functional groups attached to an aromatic ring is 1. The van der Waals surface area contributed by atoms with Gasteiger partial charge in [0.1, 0.15) is 17.9 Å². The van der Waals surface area contributed by atoms with Gasteiger partial charge in [0, 0.05) is 6.07 Å². The number of rotatable bonds is 1. The minimum Gasteiger partial charge on any atom is -0.395 e. The molecular formula is C10H7F2NO. The summed E-state index contributed by atoms with van der Waals surface area (Å²) in [5, 5.41) is 0. The summed E-state index contributed by atoms with van der Waals surface area (Å²) in [6, 6.07) is 1.70. The van der Waals surface area contributed by atoms with Crippen molar-refractivity contribution in [1.82, 2.24) is 0 Å². The molecule has 1 aromatic rings. The fourth-order valence-corrected chi connectivity index (χ4v) is 0.876. The zero-order valence-electron chi connectivity index (χ0n) is 7.18. The van der Waals surface area contributed by atoms with E-state index in [0.717, 1.165) is 6.07 Å². The highest BCUT2D eigenvalue weighted by Gasteiger charge is 2.05. The van der Waals surface area contributed by atoms with Crippen LogP contribution in [0.2, 0.25) is 0 Å². The molecule has 1 aromatic carbocycles. The van der Waals surface area contributed by atoms with Gasteiger partial charge in [0.15, 0.2) is 0 Å². The fourth-order valence-electron chi connectivity index (χ4n) is 0.876. The summed E-state index contributed by atoms with van der Waals surface area (Å²) >= 11 is 0. The first kappa shape index (κ1) is 10.2. The molecule has 0 amide bonds. The molecule has 0 aliphatic heterocycles. The highest BCUT2D eigenvalue weighted by Crippen LogP contribution is 2.16. The quantitative estimate of drug-likeness (QED) is 0.419. The van der Waals surface area contributed by atoms with Gasteiger partial charge in [-0.2, -0.15) is 0 Å². The Balaban J connectivity index is 3.09. The van der Waals surface area contributed by atoms with Gasteiger partial charge in [-0.25, -0.2) is 8.78 Å². The molecule has 0 unspecified atom stereocenters. The minimum absolute atomic E-state index is 0.0115. The molecule has 72 valence electrons. The van der Waals surface area contributed by atoms with Gasteiger partial charge in [0.2, 0.25) is 0 Å². The third-order valence-corrected chi connectivity index (χ3v) is 1.50. The Labute approximate surface area is 79.7 Å². The lowest BCUT2D eigenvalue weighted by Crippen LogP contribution is -1.96. The molecule has 0 atom stereocenters. The van der Waals surface area contributed by atoms with E-state index in [0.29, 0.717) is 12.4 Å². The summed E-state index contributed by atoms with van der Waals surface area (Å²) in [6.45, 7) is 0. The van der Waals surface area contributed by atoms with Crippen molar-refractivity contribution < 1.29 is 13.6 Å². The Morgan fingerprint density at radius 3 is 2.79 bits per heavy atom. The standard InChI is InChI=1S/C10H7F2NO/c11-8-5-7(3-1-2-4-14)10(13)9(12)6-8/h4-6H,2,13H2. The number of hydrogen-bond acceptors (Lipinski definition) is 2. The van der Waals surface area contributed by atoms with Crippen molar-refractivity contribution >= 4 is 12.0 Å². The first-order valence-electron chi connectivity index (χ1n) is 3.82. The molecule has 0 radical (unpaired) electrons. The van der Waals surface area contributed by atoms with Gasteiger partial charge < -0.3 is 10.5 Å². The van der Waals surface area contributed by atoms with E-state index in [-0.39, 0.29) is 17.7 Å². The predicted octanol–water partition coefficient (Wildman–Crippen LogP) is 1.49. The van der Waals surface area contributed by atoms with Crippen molar-refractivity contribution in [1.29, 1.82) is 0 Å². The largest absolute Gasteiger partial charge is 0.395 e. The van der Waals surface area contributed by atoms with E-state index in [4.69, 9.17) is 5.73 Å². The van der Waals surface area contributed by atoms with E-state index in [1.165, 1.54) is 0 Å². The SMILES string of the molecule is Nc1c(F)cc(F)cc1C#CCC=O. The van der Waals surface area contributed by atoms with Crippen LogP contribution in [0.3, 0.4) is 0 Å². The van der Waals surface area contributed by atoms with Gasteiger partial charge in [-0.05, 0) is 6.07 Å². The molecular weight excluding hydrogens is 188 g/mol. The molecule has 2 nitrogen and oxygen atoms in total. The van der Waals surface area contributed by atoms with Crippen LogP contribution < -0.4 is 5.73 Å². The Morgan fingerprint density at radius 2 is 2.14 bits per heavy atom. The maximum Gasteiger partial charge on any atom is 0.150 e. The molecule has 0 aliphatic rings. The average Bonchev–Trinajstić information content (AvgIpc) is 2.13. The van der Waals surface area contributed by atoms with Gasteiger partial charge in [-0.15, -0.1) is 0 Å². The van der Waals surface area contributed by atoms with Crippen LogP contribution in [0.15, 0.2) is 12.1 Å². The predicted molar refractivity (Wildman–Crippen MR) is 48.3 cm³/mol. The summed E-state index contributed by atoms with van der Waals surface area (Å²) in [4.78, 5) is 9.93. The molecule has 1 rings (SSSR count). The highest BCUT2D eigenvalue weighted by molar-refractivity contribution is 5.59. The fraction of sp³-hybridized carbons (Fsp3) is 0.100. The lowest BCUT2D eigenvalue weighted by molar-refractivity contribution is -0.107. The molecule has 2 N–H and O–H groups in total. The molecule has 0 fully saturated rings. The zero-order valence-corrected chi connectivity index (χ0v) is 7.18. The lowest BCUT2D eigenvalue weighted by Gasteiger charge is -1.99. The van der Waals surface area contributed by atoms with E-state index < -0.39 is 11.6 Å². The number of aldehydes is 1. The lowest BCUT2D eigenvalue weighted by atomic mass is 10.1. The second-order valence-electron chi connectivity index (χ2n) is 2.52. The molecule has 0 aliphatic carbocycles. The van der Waals surface area contributed by atoms with Crippen LogP contribution in [-0.2, 0) is 4.79 Å². The van der Waals surface area contributed by atoms with Crippen molar-refractivity contribution in [3.8, 4) is 11.8 Å². The van der Waals surface area contributed by atoms with E-state index in [9.17, 15) is 13.6 Å². The zero-order chi connectivity index (χ0) is 10.6. The summed E-state index contributed by atoms with van der Waals surface area (Å²) in [5.74, 6) is 3.23. The van der Waals surface area contributed by atoms with E-state index >= 15 is 0 Å². The number of carbonyl (C=O) groups excluding carboxylic acids is 1. The van der Waals surface area contributed by atoms with E-state index in [1.807, 2.05) is 0 Å². The van der Waals surface area contributed by atoms with Crippen molar-refractivity contribution in [3.63, 3.8) is 0 Å². The van der Waals surface area contributed by atoms with Crippen LogP contribution in [0.1, 0.15) is 12.0 Å². The molecule has 0 spiro atoms. The second kappa shape index (κ2) is 4.38. The summed E-state index contributed by atoms with van der Waals surface area (Å²) < 4.78 is 25.5. The van der Waals surface area contributed by atoms with E-state index in [2.05, 4.69) is 11.8 Å². The Hall–Kier alpha value is -1.89. The van der Waals surface area contributed by atoms with Gasteiger partial charge in [0.25, 0.3) is 0 Å². The number of benzene rings is 1. The van der Waals surface area contributed by atoms with Crippen LogP contribution in [0, 0.1) is 23.5 Å². The van der Waals surface area contributed by atoms with Gasteiger partial charge in [-0.3, -0.25) is 0 Å². The Morgan fingerprint density at radius 1 is 1.43 bits per heavy atom. The minimum atomic E-state index is -0.847. The number of carbonyl (C=O) groups is 1. The topological polar surface area (TPSA) is 43.1 Å². The molecule has 4 heteroatoms. The maximum atomic E-state index is 12.8. The first-order chi connectivity index (χ1) is 6.65. The Kier molecular flexibility index (Phi) is 3.19. The third-order valence-electron chi connectivity index (χ3n) is 1.50. The molecule has 0 bridgehead atoms. The molecule has 0 saturated heterocycles.